The maximum Gasteiger partial charge on any atom is 0.339 e. The van der Waals surface area contributed by atoms with Gasteiger partial charge in [0, 0.05) is 5.56 Å². The van der Waals surface area contributed by atoms with Gasteiger partial charge in [0.05, 0.1) is 22.0 Å². The summed E-state index contributed by atoms with van der Waals surface area (Å²) in [5, 5.41) is 0.280. The molecule has 0 fully saturated rings. The van der Waals surface area contributed by atoms with Crippen molar-refractivity contribution >= 4 is 39.3 Å². The quantitative estimate of drug-likeness (QED) is 0.485. The molecule has 3 nitrogen and oxygen atoms in total. The molecule has 0 N–H and O–H groups in total. The fraction of sp³-hybridized carbons (Fsp3) is 0.333. The molecule has 1 atom stereocenters. The lowest BCUT2D eigenvalue weighted by Crippen LogP contribution is -2.12. The minimum atomic E-state index is -0.519. The zero-order chi connectivity index (χ0) is 13.0. The smallest absolute Gasteiger partial charge is 0.339 e. The Balaban J connectivity index is 3.10. The van der Waals surface area contributed by atoms with Gasteiger partial charge in [0.15, 0.2) is 5.78 Å². The van der Waals surface area contributed by atoms with E-state index in [1.807, 2.05) is 0 Å². The number of hydrogen-bond acceptors (Lipinski definition) is 3. The van der Waals surface area contributed by atoms with E-state index in [9.17, 15) is 9.59 Å². The lowest BCUT2D eigenvalue weighted by molar-refractivity contribution is 0.0526. The molecule has 0 aliphatic heterocycles. The van der Waals surface area contributed by atoms with Crippen LogP contribution in [0, 0.1) is 0 Å². The van der Waals surface area contributed by atoms with Crippen LogP contribution in [-0.2, 0) is 4.74 Å². The Morgan fingerprint density at radius 3 is 2.65 bits per heavy atom. The van der Waals surface area contributed by atoms with Gasteiger partial charge in [0.1, 0.15) is 0 Å². The molecule has 0 saturated carbocycles. The standard InChI is InChI=1S/C12H12BrClO3/c1-3-17-12(16)9-6-8(4-5-10(9)14)11(15)7(2)13/h4-7H,3H2,1-2H3. The maximum atomic E-state index is 11.7. The normalized spacial score (nSPS) is 12.0. The molecule has 0 aromatic heterocycles. The van der Waals surface area contributed by atoms with Crippen molar-refractivity contribution in [3.63, 3.8) is 0 Å². The van der Waals surface area contributed by atoms with Crippen LogP contribution in [0.5, 0.6) is 0 Å². The van der Waals surface area contributed by atoms with Crippen molar-refractivity contribution in [1.29, 1.82) is 0 Å². The van der Waals surface area contributed by atoms with Crippen molar-refractivity contribution in [1.82, 2.24) is 0 Å². The highest BCUT2D eigenvalue weighted by molar-refractivity contribution is 9.10. The summed E-state index contributed by atoms with van der Waals surface area (Å²) in [7, 11) is 0. The number of benzene rings is 1. The molecule has 1 aromatic carbocycles. The number of halogens is 2. The van der Waals surface area contributed by atoms with E-state index >= 15 is 0 Å². The summed E-state index contributed by atoms with van der Waals surface area (Å²) < 4.78 is 4.86. The van der Waals surface area contributed by atoms with E-state index in [0.29, 0.717) is 5.56 Å². The van der Waals surface area contributed by atoms with Crippen LogP contribution in [0.25, 0.3) is 0 Å². The lowest BCUT2D eigenvalue weighted by Gasteiger charge is -2.07. The summed E-state index contributed by atoms with van der Waals surface area (Å²) in [6.45, 7) is 3.70. The maximum absolute atomic E-state index is 11.7. The second kappa shape index (κ2) is 6.17. The van der Waals surface area contributed by atoms with Gasteiger partial charge in [-0.05, 0) is 32.0 Å². The van der Waals surface area contributed by atoms with Crippen LogP contribution >= 0.6 is 27.5 Å². The number of Topliss-reactive ketones (excluding diaryl/α,β-unsaturated/α-hetero) is 1. The second-order valence-electron chi connectivity index (χ2n) is 3.40. The number of rotatable bonds is 4. The summed E-state index contributed by atoms with van der Waals surface area (Å²) >= 11 is 9.08. The molecule has 0 amide bonds. The van der Waals surface area contributed by atoms with Crippen molar-refractivity contribution in [3.05, 3.63) is 34.3 Å². The van der Waals surface area contributed by atoms with Crippen LogP contribution in [0.3, 0.4) is 0 Å². The number of esters is 1. The Bertz CT molecular complexity index is 443. The Morgan fingerprint density at radius 1 is 1.47 bits per heavy atom. The molecule has 0 heterocycles. The van der Waals surface area contributed by atoms with Gasteiger partial charge in [-0.3, -0.25) is 4.79 Å². The molecule has 0 spiro atoms. The molecule has 92 valence electrons. The van der Waals surface area contributed by atoms with Crippen molar-refractivity contribution in [2.45, 2.75) is 18.7 Å². The Kier molecular flexibility index (Phi) is 5.15. The Morgan fingerprint density at radius 2 is 2.12 bits per heavy atom. The van der Waals surface area contributed by atoms with Gasteiger partial charge < -0.3 is 4.74 Å². The predicted octanol–water partition coefficient (Wildman–Crippen LogP) is 3.48. The third-order valence-electron chi connectivity index (χ3n) is 2.11. The summed E-state index contributed by atoms with van der Waals surface area (Å²) in [5.74, 6) is -0.624. The second-order valence-corrected chi connectivity index (χ2v) is 5.18. The van der Waals surface area contributed by atoms with E-state index in [1.54, 1.807) is 19.9 Å². The third kappa shape index (κ3) is 3.54. The van der Waals surface area contributed by atoms with Gasteiger partial charge in [-0.15, -0.1) is 0 Å². The third-order valence-corrected chi connectivity index (χ3v) is 2.85. The predicted molar refractivity (Wildman–Crippen MR) is 70.1 cm³/mol. The Labute approximate surface area is 113 Å². The number of carbonyl (C=O) groups excluding carboxylic acids is 2. The average Bonchev–Trinajstić information content (AvgIpc) is 2.28. The molecular formula is C12H12BrClO3. The van der Waals surface area contributed by atoms with Gasteiger partial charge in [-0.1, -0.05) is 27.5 Å². The molecule has 0 radical (unpaired) electrons. The first kappa shape index (κ1) is 14.2. The highest BCUT2D eigenvalue weighted by Crippen LogP contribution is 2.20. The zero-order valence-corrected chi connectivity index (χ0v) is 11.8. The molecule has 1 unspecified atom stereocenters. The number of ether oxygens (including phenoxy) is 1. The highest BCUT2D eigenvalue weighted by Gasteiger charge is 2.17. The molecule has 1 rings (SSSR count). The van der Waals surface area contributed by atoms with Crippen LogP contribution in [0.4, 0.5) is 0 Å². The molecule has 0 aliphatic carbocycles. The molecule has 1 aromatic rings. The number of hydrogen-bond donors (Lipinski definition) is 0. The van der Waals surface area contributed by atoms with Crippen LogP contribution in [0.15, 0.2) is 18.2 Å². The van der Waals surface area contributed by atoms with Crippen LogP contribution in [-0.4, -0.2) is 23.2 Å². The van der Waals surface area contributed by atoms with E-state index in [-0.39, 0.29) is 27.8 Å². The van der Waals surface area contributed by atoms with Crippen molar-refractivity contribution < 1.29 is 14.3 Å². The van der Waals surface area contributed by atoms with E-state index in [4.69, 9.17) is 16.3 Å². The van der Waals surface area contributed by atoms with Crippen molar-refractivity contribution in [2.24, 2.45) is 0 Å². The average molecular weight is 320 g/mol. The van der Waals surface area contributed by atoms with Crippen LogP contribution < -0.4 is 0 Å². The highest BCUT2D eigenvalue weighted by atomic mass is 79.9. The number of alkyl halides is 1. The SMILES string of the molecule is CCOC(=O)c1cc(C(=O)C(C)Br)ccc1Cl. The van der Waals surface area contributed by atoms with Gasteiger partial charge in [-0.25, -0.2) is 4.79 Å². The molecular weight excluding hydrogens is 307 g/mol. The molecule has 0 saturated heterocycles. The van der Waals surface area contributed by atoms with Gasteiger partial charge >= 0.3 is 5.97 Å². The fourth-order valence-corrected chi connectivity index (χ4v) is 1.73. The topological polar surface area (TPSA) is 43.4 Å². The Hall–Kier alpha value is -0.870. The van der Waals surface area contributed by atoms with Crippen molar-refractivity contribution in [3.8, 4) is 0 Å². The first-order chi connectivity index (χ1) is 7.97. The summed E-state index contributed by atoms with van der Waals surface area (Å²) in [5.41, 5.74) is 0.648. The summed E-state index contributed by atoms with van der Waals surface area (Å²) in [6.07, 6.45) is 0. The van der Waals surface area contributed by atoms with E-state index < -0.39 is 5.97 Å². The first-order valence-corrected chi connectivity index (χ1v) is 6.41. The van der Waals surface area contributed by atoms with Gasteiger partial charge in [0.2, 0.25) is 0 Å². The molecule has 0 bridgehead atoms. The zero-order valence-electron chi connectivity index (χ0n) is 9.50. The monoisotopic (exact) mass is 318 g/mol. The fourth-order valence-electron chi connectivity index (χ4n) is 1.27. The van der Waals surface area contributed by atoms with E-state index in [2.05, 4.69) is 15.9 Å². The van der Waals surface area contributed by atoms with Crippen LogP contribution in [0.1, 0.15) is 34.6 Å². The minimum absolute atomic E-state index is 0.104. The summed E-state index contributed by atoms with van der Waals surface area (Å²) in [6, 6.07) is 4.57. The van der Waals surface area contributed by atoms with Gasteiger partial charge in [0.25, 0.3) is 0 Å². The lowest BCUT2D eigenvalue weighted by atomic mass is 10.1. The minimum Gasteiger partial charge on any atom is -0.462 e. The largest absolute Gasteiger partial charge is 0.462 e. The van der Waals surface area contributed by atoms with E-state index in [0.717, 1.165) is 0 Å². The number of ketones is 1. The molecule has 5 heteroatoms. The van der Waals surface area contributed by atoms with Gasteiger partial charge in [-0.2, -0.15) is 0 Å². The van der Waals surface area contributed by atoms with E-state index in [1.165, 1.54) is 12.1 Å². The first-order valence-electron chi connectivity index (χ1n) is 5.12. The van der Waals surface area contributed by atoms with Crippen molar-refractivity contribution in [2.75, 3.05) is 6.61 Å². The molecule has 17 heavy (non-hydrogen) atoms. The molecule has 0 aliphatic rings. The summed E-state index contributed by atoms with van der Waals surface area (Å²) in [4.78, 5) is 23.0. The van der Waals surface area contributed by atoms with Crippen LogP contribution in [0.2, 0.25) is 5.02 Å². The number of carbonyl (C=O) groups is 2.